The maximum atomic E-state index is 9.00. The van der Waals surface area contributed by atoms with Crippen LogP contribution in [0.15, 0.2) is 0 Å². The third kappa shape index (κ3) is 2530. The van der Waals surface area contributed by atoms with Crippen molar-refractivity contribution in [1.29, 1.82) is 0 Å². The minimum absolute atomic E-state index is 0. The van der Waals surface area contributed by atoms with Crippen LogP contribution in [-0.4, -0.2) is 46.9 Å². The Bertz CT molecular complexity index is 318. The minimum Gasteiger partial charge on any atom is -0.550 e. The van der Waals surface area contributed by atoms with Gasteiger partial charge in [0.2, 0.25) is 0 Å². The van der Waals surface area contributed by atoms with Crippen LogP contribution in [0, 0.1) is 0 Å². The van der Waals surface area contributed by atoms with Crippen LogP contribution in [0.1, 0.15) is 48.5 Å². The molecule has 0 unspecified atom stereocenters. The molecular weight excluding hydrogens is 594 g/mol. The average molecular weight is 616 g/mol. The molecule has 0 rings (SSSR count). The summed E-state index contributed by atoms with van der Waals surface area (Å²) in [6, 6.07) is 0. The molecule has 178 valence electrons. The molecular formula is C14H22O14Ru2. The maximum absolute atomic E-state index is 9.00. The van der Waals surface area contributed by atoms with Crippen LogP contribution in [0.2, 0.25) is 0 Å². The van der Waals surface area contributed by atoms with Crippen LogP contribution in [0.5, 0.6) is 0 Å². The first-order chi connectivity index (χ1) is 12.1. The van der Waals surface area contributed by atoms with E-state index >= 15 is 0 Å². The van der Waals surface area contributed by atoms with Crippen molar-refractivity contribution >= 4 is 41.8 Å². The Morgan fingerprint density at radius 1 is 0.400 bits per heavy atom. The zero-order chi connectivity index (χ0) is 25.0. The molecule has 0 saturated heterocycles. The number of carboxylic acids is 7. The van der Waals surface area contributed by atoms with E-state index in [1.54, 1.807) is 0 Å². The van der Waals surface area contributed by atoms with E-state index in [1.807, 2.05) is 0 Å². The molecule has 0 aliphatic rings. The first kappa shape index (κ1) is 56.4. The summed E-state index contributed by atoms with van der Waals surface area (Å²) in [5.41, 5.74) is 0. The van der Waals surface area contributed by atoms with Gasteiger partial charge >= 0.3 is 39.0 Å². The number of hydrogen-bond acceptors (Lipinski definition) is 13. The smallest absolute Gasteiger partial charge is 0.550 e. The van der Waals surface area contributed by atoms with Gasteiger partial charge in [0.1, 0.15) is 0 Å². The van der Waals surface area contributed by atoms with E-state index in [0.717, 1.165) is 48.5 Å². The van der Waals surface area contributed by atoms with E-state index in [0.29, 0.717) is 0 Å². The van der Waals surface area contributed by atoms with Gasteiger partial charge in [-0.25, -0.2) is 0 Å². The molecule has 0 aliphatic heterocycles. The standard InChI is InChI=1S/7C2H4O2.2Ru/c7*1-2(3)4;;/h7*1H3,(H,3,4);;/q;;;;;;;2*+3/p-6. The molecule has 0 aliphatic carbocycles. The Balaban J connectivity index is -0.0000000242. The fourth-order valence-electron chi connectivity index (χ4n) is 0. The van der Waals surface area contributed by atoms with Gasteiger partial charge in [-0.3, -0.25) is 4.79 Å². The summed E-state index contributed by atoms with van der Waals surface area (Å²) in [7, 11) is 0. The molecule has 0 atom stereocenters. The van der Waals surface area contributed by atoms with Crippen LogP contribution in [-0.2, 0) is 72.5 Å². The number of aliphatic carboxylic acids is 7. The van der Waals surface area contributed by atoms with Crippen molar-refractivity contribution in [3.8, 4) is 0 Å². The monoisotopic (exact) mass is 618 g/mol. The maximum Gasteiger partial charge on any atom is 3.00 e. The SMILES string of the molecule is CC(=O)O.CC(=O)[O-].CC(=O)[O-].CC(=O)[O-].CC(=O)[O-].CC(=O)[O-].CC(=O)[O-].[Ru+3].[Ru+3]. The second-order valence-corrected chi connectivity index (χ2v) is 3.47. The van der Waals surface area contributed by atoms with E-state index in [-0.39, 0.29) is 39.0 Å². The summed E-state index contributed by atoms with van der Waals surface area (Å²) in [6.07, 6.45) is 0. The van der Waals surface area contributed by atoms with Crippen molar-refractivity contribution in [2.45, 2.75) is 48.5 Å². The van der Waals surface area contributed by atoms with Gasteiger partial charge in [-0.15, -0.1) is 0 Å². The quantitative estimate of drug-likeness (QED) is 0.248. The van der Waals surface area contributed by atoms with Gasteiger partial charge in [0.25, 0.3) is 5.97 Å². The van der Waals surface area contributed by atoms with Crippen LogP contribution < -0.4 is 30.6 Å². The van der Waals surface area contributed by atoms with Gasteiger partial charge in [-0.1, -0.05) is 0 Å². The number of hydrogen-bond donors (Lipinski definition) is 1. The normalized spacial score (nSPS) is 5.83. The number of rotatable bonds is 0. The van der Waals surface area contributed by atoms with E-state index in [4.69, 9.17) is 69.3 Å². The molecule has 0 aromatic carbocycles. The molecule has 0 saturated carbocycles. The summed E-state index contributed by atoms with van der Waals surface area (Å²) < 4.78 is 0. The van der Waals surface area contributed by atoms with Crippen LogP contribution >= 0.6 is 0 Å². The first-order valence-electron chi connectivity index (χ1n) is 6.38. The summed E-state index contributed by atoms with van der Waals surface area (Å²) in [4.78, 5) is 62.3. The third-order valence-electron chi connectivity index (χ3n) is 0. The van der Waals surface area contributed by atoms with Crippen LogP contribution in [0.25, 0.3) is 0 Å². The molecule has 0 aromatic heterocycles. The van der Waals surface area contributed by atoms with E-state index in [9.17, 15) is 0 Å². The molecule has 0 bridgehead atoms. The molecule has 16 heteroatoms. The topological polar surface area (TPSA) is 278 Å². The molecule has 14 nitrogen and oxygen atoms in total. The van der Waals surface area contributed by atoms with Gasteiger partial charge in [-0.2, -0.15) is 0 Å². The predicted octanol–water partition coefficient (Wildman–Crippen LogP) is -7.38. The second kappa shape index (κ2) is 50.4. The minimum atomic E-state index is -1.08. The Morgan fingerprint density at radius 2 is 0.400 bits per heavy atom. The van der Waals surface area contributed by atoms with Gasteiger partial charge in [-0.05, 0) is 41.5 Å². The summed E-state index contributed by atoms with van der Waals surface area (Å²) in [5, 5.41) is 60.8. The molecule has 30 heavy (non-hydrogen) atoms. The Labute approximate surface area is 198 Å². The average Bonchev–Trinajstić information content (AvgIpc) is 2.20. The van der Waals surface area contributed by atoms with Gasteiger partial charge in [0.05, 0.1) is 0 Å². The molecule has 0 spiro atoms. The number of carbonyl (C=O) groups is 7. The van der Waals surface area contributed by atoms with Gasteiger partial charge in [0, 0.05) is 42.7 Å². The zero-order valence-electron chi connectivity index (χ0n) is 17.0. The number of carbonyl (C=O) groups excluding carboxylic acids is 6. The molecule has 0 aromatic rings. The van der Waals surface area contributed by atoms with Crippen molar-refractivity contribution < 1.29 is 108 Å². The predicted molar refractivity (Wildman–Crippen MR) is 77.4 cm³/mol. The van der Waals surface area contributed by atoms with E-state index < -0.39 is 41.8 Å². The molecule has 1 N–H and O–H groups in total. The van der Waals surface area contributed by atoms with Gasteiger partial charge < -0.3 is 64.5 Å². The van der Waals surface area contributed by atoms with Crippen LogP contribution in [0.4, 0.5) is 0 Å². The summed E-state index contributed by atoms with van der Waals surface area (Å²) >= 11 is 0. The molecule has 0 fully saturated rings. The molecule has 0 amide bonds. The van der Waals surface area contributed by atoms with E-state index in [1.165, 1.54) is 0 Å². The fourth-order valence-corrected chi connectivity index (χ4v) is 0. The summed E-state index contributed by atoms with van der Waals surface area (Å²) in [6.45, 7) is 6.92. The van der Waals surface area contributed by atoms with Gasteiger partial charge in [0.15, 0.2) is 0 Å². The second-order valence-electron chi connectivity index (χ2n) is 3.47. The Hall–Kier alpha value is -2.46. The fraction of sp³-hybridized carbons (Fsp3) is 0.500. The Morgan fingerprint density at radius 3 is 0.400 bits per heavy atom. The van der Waals surface area contributed by atoms with Crippen molar-refractivity contribution in [2.24, 2.45) is 0 Å². The number of carboxylic acid groups (broad SMARTS) is 7. The summed E-state index contributed by atoms with van der Waals surface area (Å²) in [5.74, 6) is -7.33. The van der Waals surface area contributed by atoms with Crippen molar-refractivity contribution in [1.82, 2.24) is 0 Å². The van der Waals surface area contributed by atoms with Crippen molar-refractivity contribution in [3.05, 3.63) is 0 Å². The van der Waals surface area contributed by atoms with Crippen LogP contribution in [0.3, 0.4) is 0 Å². The van der Waals surface area contributed by atoms with Crippen molar-refractivity contribution in [3.63, 3.8) is 0 Å². The molecule has 2 radical (unpaired) electrons. The molecule has 0 heterocycles. The third-order valence-corrected chi connectivity index (χ3v) is 0. The van der Waals surface area contributed by atoms with E-state index in [2.05, 4.69) is 0 Å². The van der Waals surface area contributed by atoms with Crippen molar-refractivity contribution in [2.75, 3.05) is 0 Å². The largest absolute Gasteiger partial charge is 3.00 e. The Kier molecular flexibility index (Phi) is 94.7. The first-order valence-corrected chi connectivity index (χ1v) is 6.38. The zero-order valence-corrected chi connectivity index (χ0v) is 20.4.